The normalized spacial score (nSPS) is 17.7. The third-order valence-electron chi connectivity index (χ3n) is 3.21. The van der Waals surface area contributed by atoms with Crippen molar-refractivity contribution in [3.05, 3.63) is 11.1 Å². The van der Waals surface area contributed by atoms with E-state index in [1.807, 2.05) is 0 Å². The smallest absolute Gasteiger partial charge is 0.375 e. The molecule has 106 valence electrons. The Morgan fingerprint density at radius 2 is 2.11 bits per heavy atom. The van der Waals surface area contributed by atoms with Crippen molar-refractivity contribution in [2.45, 2.75) is 25.4 Å². The molecule has 4 nitrogen and oxygen atoms in total. The molecule has 1 saturated heterocycles. The maximum atomic E-state index is 12.5. The largest absolute Gasteiger partial charge is 0.391 e. The molecule has 0 radical (unpaired) electrons. The van der Waals surface area contributed by atoms with Gasteiger partial charge in [-0.05, 0) is 12.8 Å². The Morgan fingerprint density at radius 3 is 2.58 bits per heavy atom. The molecule has 1 amide bonds. The molecule has 2 N–H and O–H groups in total. The number of anilines is 1. The number of aromatic nitrogens is 1. The molecular weight excluding hydrogens is 279 g/mol. The van der Waals surface area contributed by atoms with Gasteiger partial charge in [0.25, 0.3) is 0 Å². The molecule has 0 bridgehead atoms. The third-order valence-corrected chi connectivity index (χ3v) is 3.94. The zero-order chi connectivity index (χ0) is 14.0. The first-order valence-electron chi connectivity index (χ1n) is 5.90. The number of rotatable bonds is 2. The lowest BCUT2D eigenvalue weighted by molar-refractivity contribution is -0.186. The van der Waals surface area contributed by atoms with Gasteiger partial charge in [-0.15, -0.1) is 11.3 Å². The molecule has 19 heavy (non-hydrogen) atoms. The number of piperidine rings is 1. The van der Waals surface area contributed by atoms with Gasteiger partial charge < -0.3 is 10.6 Å². The fourth-order valence-corrected chi connectivity index (χ4v) is 2.69. The van der Waals surface area contributed by atoms with Gasteiger partial charge in [0, 0.05) is 18.5 Å². The van der Waals surface area contributed by atoms with Crippen molar-refractivity contribution in [1.29, 1.82) is 0 Å². The summed E-state index contributed by atoms with van der Waals surface area (Å²) >= 11 is 1.24. The van der Waals surface area contributed by atoms with Crippen LogP contribution in [0.5, 0.6) is 0 Å². The highest BCUT2D eigenvalue weighted by Gasteiger charge is 2.41. The van der Waals surface area contributed by atoms with Gasteiger partial charge in [-0.2, -0.15) is 13.2 Å². The predicted molar refractivity (Wildman–Crippen MR) is 65.6 cm³/mol. The zero-order valence-corrected chi connectivity index (χ0v) is 10.9. The summed E-state index contributed by atoms with van der Waals surface area (Å²) in [6.07, 6.45) is -4.09. The standard InChI is InChI=1S/C11H14F3N3OS/c12-11(13,14)7-1-3-17(4-2-7)9(18)5-8-6-19-10(15)16-8/h6-7H,1-5H2,(H2,15,16). The van der Waals surface area contributed by atoms with E-state index in [1.165, 1.54) is 16.2 Å². The van der Waals surface area contributed by atoms with Crippen LogP contribution in [0.4, 0.5) is 18.3 Å². The van der Waals surface area contributed by atoms with Crippen LogP contribution in [0.3, 0.4) is 0 Å². The predicted octanol–water partition coefficient (Wildman–Crippen LogP) is 2.07. The summed E-state index contributed by atoms with van der Waals surface area (Å²) in [6.45, 7) is 0.311. The summed E-state index contributed by atoms with van der Waals surface area (Å²) in [7, 11) is 0. The fraction of sp³-hybridized carbons (Fsp3) is 0.636. The number of nitrogens with zero attached hydrogens (tertiary/aromatic N) is 2. The molecule has 0 aliphatic carbocycles. The minimum atomic E-state index is -4.15. The van der Waals surface area contributed by atoms with Crippen molar-refractivity contribution >= 4 is 22.4 Å². The number of thiazole rings is 1. The molecule has 0 aromatic carbocycles. The van der Waals surface area contributed by atoms with Gasteiger partial charge in [0.1, 0.15) is 0 Å². The maximum absolute atomic E-state index is 12.5. The lowest BCUT2D eigenvalue weighted by Crippen LogP contribution is -2.42. The molecule has 0 spiro atoms. The second-order valence-corrected chi connectivity index (χ2v) is 5.44. The van der Waals surface area contributed by atoms with Crippen LogP contribution in [0.2, 0.25) is 0 Å². The topological polar surface area (TPSA) is 59.2 Å². The highest BCUT2D eigenvalue weighted by Crippen LogP contribution is 2.34. The lowest BCUT2D eigenvalue weighted by atomic mass is 9.96. The molecule has 0 saturated carbocycles. The first-order valence-corrected chi connectivity index (χ1v) is 6.78. The van der Waals surface area contributed by atoms with Crippen molar-refractivity contribution in [2.24, 2.45) is 5.92 Å². The van der Waals surface area contributed by atoms with Crippen LogP contribution >= 0.6 is 11.3 Å². The van der Waals surface area contributed by atoms with E-state index < -0.39 is 12.1 Å². The molecule has 1 aromatic heterocycles. The molecule has 8 heteroatoms. The number of hydrogen-bond donors (Lipinski definition) is 1. The first kappa shape index (κ1) is 14.1. The summed E-state index contributed by atoms with van der Waals surface area (Å²) in [4.78, 5) is 17.3. The van der Waals surface area contributed by atoms with Crippen LogP contribution in [0.1, 0.15) is 18.5 Å². The molecule has 1 fully saturated rings. The summed E-state index contributed by atoms with van der Waals surface area (Å²) in [5, 5.41) is 2.08. The van der Waals surface area contributed by atoms with Gasteiger partial charge in [0.15, 0.2) is 5.13 Å². The number of carbonyl (C=O) groups is 1. The Morgan fingerprint density at radius 1 is 1.47 bits per heavy atom. The van der Waals surface area contributed by atoms with Gasteiger partial charge in [-0.1, -0.05) is 0 Å². The van der Waals surface area contributed by atoms with Crippen molar-refractivity contribution < 1.29 is 18.0 Å². The van der Waals surface area contributed by atoms with Crippen LogP contribution in [-0.2, 0) is 11.2 Å². The average Bonchev–Trinajstić information content (AvgIpc) is 2.74. The first-order chi connectivity index (χ1) is 8.86. The molecule has 1 aliphatic rings. The van der Waals surface area contributed by atoms with Gasteiger partial charge >= 0.3 is 6.18 Å². The van der Waals surface area contributed by atoms with E-state index in [2.05, 4.69) is 4.98 Å². The lowest BCUT2D eigenvalue weighted by Gasteiger charge is -2.32. The van der Waals surface area contributed by atoms with Crippen molar-refractivity contribution in [3.8, 4) is 0 Å². The van der Waals surface area contributed by atoms with E-state index in [4.69, 9.17) is 5.73 Å². The van der Waals surface area contributed by atoms with E-state index >= 15 is 0 Å². The molecule has 0 unspecified atom stereocenters. The number of nitrogens with two attached hydrogens (primary N) is 1. The molecule has 0 atom stereocenters. The Bertz CT molecular complexity index is 452. The Hall–Kier alpha value is -1.31. The van der Waals surface area contributed by atoms with E-state index in [-0.39, 0.29) is 38.3 Å². The quantitative estimate of drug-likeness (QED) is 0.908. The number of amides is 1. The Labute approximate surface area is 112 Å². The summed E-state index contributed by atoms with van der Waals surface area (Å²) in [5.74, 6) is -1.47. The highest BCUT2D eigenvalue weighted by atomic mass is 32.1. The minimum absolute atomic E-state index is 0.0194. The summed E-state index contributed by atoms with van der Waals surface area (Å²) in [5.41, 5.74) is 6.03. The van der Waals surface area contributed by atoms with Crippen LogP contribution in [-0.4, -0.2) is 35.1 Å². The molecule has 2 rings (SSSR count). The monoisotopic (exact) mass is 293 g/mol. The fourth-order valence-electron chi connectivity index (χ4n) is 2.13. The van der Waals surface area contributed by atoms with Gasteiger partial charge in [-0.25, -0.2) is 4.98 Å². The zero-order valence-electron chi connectivity index (χ0n) is 10.1. The number of alkyl halides is 3. The Kier molecular flexibility index (Phi) is 3.98. The van der Waals surface area contributed by atoms with E-state index in [1.54, 1.807) is 5.38 Å². The minimum Gasteiger partial charge on any atom is -0.375 e. The number of likely N-dealkylation sites (tertiary alicyclic amines) is 1. The van der Waals surface area contributed by atoms with Crippen LogP contribution < -0.4 is 5.73 Å². The second kappa shape index (κ2) is 5.36. The second-order valence-electron chi connectivity index (χ2n) is 4.55. The SMILES string of the molecule is Nc1nc(CC(=O)N2CCC(C(F)(F)F)CC2)cs1. The molecule has 2 heterocycles. The molecule has 1 aromatic rings. The van der Waals surface area contributed by atoms with E-state index in [0.29, 0.717) is 10.8 Å². The number of hydrogen-bond acceptors (Lipinski definition) is 4. The van der Waals surface area contributed by atoms with Gasteiger partial charge in [0.2, 0.25) is 5.91 Å². The van der Waals surface area contributed by atoms with Crippen LogP contribution in [0, 0.1) is 5.92 Å². The third kappa shape index (κ3) is 3.59. The Balaban J connectivity index is 1.86. The number of halogens is 3. The van der Waals surface area contributed by atoms with Crippen molar-refractivity contribution in [2.75, 3.05) is 18.8 Å². The summed E-state index contributed by atoms with van der Waals surface area (Å²) in [6, 6.07) is 0. The van der Waals surface area contributed by atoms with Gasteiger partial charge in [-0.3, -0.25) is 4.79 Å². The average molecular weight is 293 g/mol. The van der Waals surface area contributed by atoms with Gasteiger partial charge in [0.05, 0.1) is 18.0 Å². The van der Waals surface area contributed by atoms with Crippen LogP contribution in [0.25, 0.3) is 0 Å². The summed E-state index contributed by atoms with van der Waals surface area (Å²) < 4.78 is 37.5. The van der Waals surface area contributed by atoms with E-state index in [0.717, 1.165) is 0 Å². The van der Waals surface area contributed by atoms with E-state index in [9.17, 15) is 18.0 Å². The van der Waals surface area contributed by atoms with Crippen molar-refractivity contribution in [1.82, 2.24) is 9.88 Å². The molecular formula is C11H14F3N3OS. The van der Waals surface area contributed by atoms with Crippen molar-refractivity contribution in [3.63, 3.8) is 0 Å². The highest BCUT2D eigenvalue weighted by molar-refractivity contribution is 7.13. The number of carbonyl (C=O) groups excluding carboxylic acids is 1. The molecule has 1 aliphatic heterocycles. The van der Waals surface area contributed by atoms with Crippen LogP contribution in [0.15, 0.2) is 5.38 Å². The number of nitrogen functional groups attached to an aromatic ring is 1. The maximum Gasteiger partial charge on any atom is 0.391 e.